The lowest BCUT2D eigenvalue weighted by molar-refractivity contribution is 0.141. The Morgan fingerprint density at radius 2 is 1.71 bits per heavy atom. The van der Waals surface area contributed by atoms with Crippen molar-refractivity contribution < 1.29 is 9.53 Å². The Morgan fingerprint density at radius 3 is 2.43 bits per heavy atom. The molecule has 2 heterocycles. The summed E-state index contributed by atoms with van der Waals surface area (Å²) in [7, 11) is 0. The third-order valence-electron chi connectivity index (χ3n) is 4.88. The zero-order valence-corrected chi connectivity index (χ0v) is 15.8. The Morgan fingerprint density at radius 1 is 1.04 bits per heavy atom. The van der Waals surface area contributed by atoms with E-state index in [1.54, 1.807) is 17.2 Å². The zero-order valence-electron chi connectivity index (χ0n) is 15.8. The molecule has 1 saturated heterocycles. The van der Waals surface area contributed by atoms with Crippen LogP contribution in [0.2, 0.25) is 0 Å². The van der Waals surface area contributed by atoms with E-state index in [0.717, 1.165) is 11.1 Å². The van der Waals surface area contributed by atoms with Gasteiger partial charge >= 0.3 is 6.09 Å². The van der Waals surface area contributed by atoms with Gasteiger partial charge in [0.25, 0.3) is 0 Å². The first-order valence-corrected chi connectivity index (χ1v) is 9.33. The lowest BCUT2D eigenvalue weighted by atomic mass is 10.0. The summed E-state index contributed by atoms with van der Waals surface area (Å²) in [5.41, 5.74) is 2.14. The first-order chi connectivity index (χ1) is 13.6. The maximum Gasteiger partial charge on any atom is 0.416 e. The molecule has 0 bridgehead atoms. The van der Waals surface area contributed by atoms with Crippen LogP contribution in [0.15, 0.2) is 72.9 Å². The van der Waals surface area contributed by atoms with E-state index in [1.807, 2.05) is 74.5 Å². The Balaban J connectivity index is 1.61. The number of hydrogen-bond acceptors (Lipinski definition) is 5. The van der Waals surface area contributed by atoms with Crippen molar-refractivity contribution in [3.8, 4) is 0 Å². The van der Waals surface area contributed by atoms with E-state index in [0.29, 0.717) is 11.8 Å². The average Bonchev–Trinajstić information content (AvgIpc) is 3.03. The minimum absolute atomic E-state index is 0.0332. The van der Waals surface area contributed by atoms with E-state index in [9.17, 15) is 4.79 Å². The molecule has 4 rings (SSSR count). The molecule has 1 aliphatic rings. The molecule has 0 radical (unpaired) electrons. The van der Waals surface area contributed by atoms with Gasteiger partial charge in [0.05, 0.1) is 6.04 Å². The first kappa shape index (κ1) is 18.0. The molecule has 0 unspecified atom stereocenters. The number of hydrogen-bond donors (Lipinski definition) is 1. The van der Waals surface area contributed by atoms with Crippen LogP contribution in [0.1, 0.15) is 37.1 Å². The van der Waals surface area contributed by atoms with Crippen LogP contribution in [-0.2, 0) is 4.74 Å². The van der Waals surface area contributed by atoms with Crippen molar-refractivity contribution in [1.82, 2.24) is 9.97 Å². The summed E-state index contributed by atoms with van der Waals surface area (Å²) in [6.45, 7) is 3.94. The summed E-state index contributed by atoms with van der Waals surface area (Å²) in [5.74, 6) is 0.981. The molecule has 1 fully saturated rings. The molecule has 0 saturated carbocycles. The third-order valence-corrected chi connectivity index (χ3v) is 4.88. The van der Waals surface area contributed by atoms with Crippen molar-refractivity contribution in [1.29, 1.82) is 0 Å². The lowest BCUT2D eigenvalue weighted by Gasteiger charge is -2.23. The Hall–Kier alpha value is -3.41. The highest BCUT2D eigenvalue weighted by Crippen LogP contribution is 2.36. The standard InChI is InChI=1S/C22H22N4O2/c1-15(17-9-5-3-6-10-17)24-21-23-14-13-19(25-21)26-20(16(2)28-22(26)27)18-11-7-4-8-12-18/h3-16,20H,1-2H3,(H,23,24,25)/t15-,16+,20+/m0/s1. The molecule has 1 aliphatic heterocycles. The second-order valence-electron chi connectivity index (χ2n) is 6.83. The van der Waals surface area contributed by atoms with Gasteiger partial charge in [-0.25, -0.2) is 9.78 Å². The molecule has 28 heavy (non-hydrogen) atoms. The van der Waals surface area contributed by atoms with Crippen molar-refractivity contribution in [2.75, 3.05) is 10.2 Å². The SMILES string of the molecule is C[C@H](Nc1nccc(N2C(=O)O[C@H](C)[C@@H]2c2ccccc2)n1)c1ccccc1. The summed E-state index contributed by atoms with van der Waals surface area (Å²) < 4.78 is 5.49. The lowest BCUT2D eigenvalue weighted by Crippen LogP contribution is -2.29. The van der Waals surface area contributed by atoms with Gasteiger partial charge in [-0.05, 0) is 31.0 Å². The number of nitrogens with zero attached hydrogens (tertiary/aromatic N) is 3. The predicted molar refractivity (Wildman–Crippen MR) is 108 cm³/mol. The molecule has 1 amide bonds. The highest BCUT2D eigenvalue weighted by Gasteiger charge is 2.42. The predicted octanol–water partition coefficient (Wildman–Crippen LogP) is 4.74. The van der Waals surface area contributed by atoms with Crippen molar-refractivity contribution in [3.63, 3.8) is 0 Å². The van der Waals surface area contributed by atoms with Gasteiger partial charge in [0.15, 0.2) is 0 Å². The van der Waals surface area contributed by atoms with Gasteiger partial charge in [0.1, 0.15) is 18.0 Å². The van der Waals surface area contributed by atoms with Crippen molar-refractivity contribution >= 4 is 17.9 Å². The van der Waals surface area contributed by atoms with Crippen LogP contribution < -0.4 is 10.2 Å². The number of carbonyl (C=O) groups is 1. The van der Waals surface area contributed by atoms with Gasteiger partial charge in [-0.1, -0.05) is 60.7 Å². The highest BCUT2D eigenvalue weighted by molar-refractivity contribution is 5.90. The van der Waals surface area contributed by atoms with Crippen LogP contribution in [0.4, 0.5) is 16.6 Å². The molecular weight excluding hydrogens is 352 g/mol. The maximum atomic E-state index is 12.5. The second-order valence-corrected chi connectivity index (χ2v) is 6.83. The number of rotatable bonds is 5. The van der Waals surface area contributed by atoms with Crippen LogP contribution in [0, 0.1) is 0 Å². The number of amides is 1. The molecular formula is C22H22N4O2. The number of aromatic nitrogens is 2. The normalized spacial score (nSPS) is 19.9. The fraction of sp³-hybridized carbons (Fsp3) is 0.227. The topological polar surface area (TPSA) is 67.4 Å². The maximum absolute atomic E-state index is 12.5. The Labute approximate surface area is 164 Å². The average molecular weight is 374 g/mol. The molecule has 0 aliphatic carbocycles. The minimum Gasteiger partial charge on any atom is -0.444 e. The smallest absolute Gasteiger partial charge is 0.416 e. The number of cyclic esters (lactones) is 1. The number of carbonyl (C=O) groups excluding carboxylic acids is 1. The molecule has 1 aromatic heterocycles. The van der Waals surface area contributed by atoms with Gasteiger partial charge in [0, 0.05) is 6.20 Å². The van der Waals surface area contributed by atoms with Gasteiger partial charge in [-0.2, -0.15) is 4.98 Å². The van der Waals surface area contributed by atoms with Gasteiger partial charge in [-0.3, -0.25) is 4.90 Å². The summed E-state index contributed by atoms with van der Waals surface area (Å²) in [6.07, 6.45) is 0.979. The summed E-state index contributed by atoms with van der Waals surface area (Å²) in [5, 5.41) is 3.30. The van der Waals surface area contributed by atoms with E-state index in [-0.39, 0.29) is 18.2 Å². The Kier molecular flexibility index (Phi) is 4.93. The summed E-state index contributed by atoms with van der Waals surface area (Å²) in [4.78, 5) is 23.0. The number of benzene rings is 2. The van der Waals surface area contributed by atoms with E-state index in [4.69, 9.17) is 4.74 Å². The molecule has 2 aromatic carbocycles. The van der Waals surface area contributed by atoms with E-state index >= 15 is 0 Å². The van der Waals surface area contributed by atoms with Crippen LogP contribution in [0.3, 0.4) is 0 Å². The molecule has 6 heteroatoms. The van der Waals surface area contributed by atoms with Gasteiger partial charge < -0.3 is 10.1 Å². The highest BCUT2D eigenvalue weighted by atomic mass is 16.6. The quantitative estimate of drug-likeness (QED) is 0.699. The molecule has 3 aromatic rings. The molecule has 142 valence electrons. The molecule has 0 spiro atoms. The summed E-state index contributed by atoms with van der Waals surface area (Å²) >= 11 is 0. The van der Waals surface area contributed by atoms with E-state index in [2.05, 4.69) is 15.3 Å². The summed E-state index contributed by atoms with van der Waals surface area (Å²) in [6, 6.07) is 21.5. The third kappa shape index (κ3) is 3.53. The van der Waals surface area contributed by atoms with Crippen LogP contribution in [0.5, 0.6) is 0 Å². The van der Waals surface area contributed by atoms with Crippen LogP contribution in [0.25, 0.3) is 0 Å². The van der Waals surface area contributed by atoms with Crippen LogP contribution >= 0.6 is 0 Å². The van der Waals surface area contributed by atoms with Gasteiger partial charge in [-0.15, -0.1) is 0 Å². The van der Waals surface area contributed by atoms with Gasteiger partial charge in [0.2, 0.25) is 5.95 Å². The molecule has 3 atom stereocenters. The van der Waals surface area contributed by atoms with Crippen molar-refractivity contribution in [2.24, 2.45) is 0 Å². The van der Waals surface area contributed by atoms with Crippen molar-refractivity contribution in [3.05, 3.63) is 84.1 Å². The minimum atomic E-state index is -0.401. The van der Waals surface area contributed by atoms with E-state index < -0.39 is 6.09 Å². The van der Waals surface area contributed by atoms with Crippen LogP contribution in [-0.4, -0.2) is 22.2 Å². The first-order valence-electron chi connectivity index (χ1n) is 9.33. The number of anilines is 2. The zero-order chi connectivity index (χ0) is 19.5. The molecule has 1 N–H and O–H groups in total. The largest absolute Gasteiger partial charge is 0.444 e. The fourth-order valence-electron chi connectivity index (χ4n) is 3.48. The van der Waals surface area contributed by atoms with Crippen molar-refractivity contribution in [2.45, 2.75) is 32.0 Å². The second kappa shape index (κ2) is 7.68. The fourth-order valence-corrected chi connectivity index (χ4v) is 3.48. The Bertz CT molecular complexity index is 949. The monoisotopic (exact) mass is 374 g/mol. The number of ether oxygens (including phenoxy) is 1. The van der Waals surface area contributed by atoms with E-state index in [1.165, 1.54) is 0 Å². The number of nitrogens with one attached hydrogen (secondary N) is 1. The molecule has 6 nitrogen and oxygen atoms in total.